The molecule has 1 aliphatic heterocycles. The lowest BCUT2D eigenvalue weighted by Crippen LogP contribution is -2.60. The van der Waals surface area contributed by atoms with Gasteiger partial charge in [0.05, 0.1) is 0 Å². The van der Waals surface area contributed by atoms with E-state index in [4.69, 9.17) is 4.84 Å². The SMILES string of the molecule is CCC1(CC)C[CH]CC(C)(C)N1OC(C)c1ccccc1. The lowest BCUT2D eigenvalue weighted by atomic mass is 9.77. The topological polar surface area (TPSA) is 12.5 Å². The van der Waals surface area contributed by atoms with Gasteiger partial charge in [-0.25, -0.2) is 0 Å². The van der Waals surface area contributed by atoms with Gasteiger partial charge in [-0.1, -0.05) is 44.2 Å². The van der Waals surface area contributed by atoms with Crippen LogP contribution in [0, 0.1) is 6.42 Å². The van der Waals surface area contributed by atoms with E-state index in [1.54, 1.807) is 0 Å². The fourth-order valence-electron chi connectivity index (χ4n) is 3.53. The summed E-state index contributed by atoms with van der Waals surface area (Å²) in [5, 5.41) is 2.32. The van der Waals surface area contributed by atoms with Gasteiger partial charge >= 0.3 is 0 Å². The van der Waals surface area contributed by atoms with E-state index in [0.29, 0.717) is 0 Å². The monoisotopic (exact) mass is 288 g/mol. The highest BCUT2D eigenvalue weighted by Gasteiger charge is 2.47. The second kappa shape index (κ2) is 6.50. The molecule has 117 valence electrons. The van der Waals surface area contributed by atoms with Crippen molar-refractivity contribution >= 4 is 0 Å². The van der Waals surface area contributed by atoms with Crippen molar-refractivity contribution in [3.05, 3.63) is 42.3 Å². The largest absolute Gasteiger partial charge is 0.290 e. The van der Waals surface area contributed by atoms with Crippen LogP contribution in [0.5, 0.6) is 0 Å². The van der Waals surface area contributed by atoms with Crippen LogP contribution in [-0.4, -0.2) is 16.1 Å². The van der Waals surface area contributed by atoms with Crippen LogP contribution in [0.3, 0.4) is 0 Å². The Hall–Kier alpha value is -0.860. The molecule has 1 unspecified atom stereocenters. The Balaban J connectivity index is 2.24. The molecule has 2 rings (SSSR count). The van der Waals surface area contributed by atoms with Crippen LogP contribution in [0.4, 0.5) is 0 Å². The normalized spacial score (nSPS) is 22.9. The third kappa shape index (κ3) is 3.32. The zero-order valence-corrected chi connectivity index (χ0v) is 14.2. The Morgan fingerprint density at radius 2 is 1.71 bits per heavy atom. The zero-order chi connectivity index (χ0) is 15.5. The molecule has 0 amide bonds. The quantitative estimate of drug-likeness (QED) is 0.727. The van der Waals surface area contributed by atoms with E-state index < -0.39 is 0 Å². The number of nitrogens with zero attached hydrogens (tertiary/aromatic N) is 1. The number of benzene rings is 1. The first-order valence-corrected chi connectivity index (χ1v) is 8.29. The van der Waals surface area contributed by atoms with Gasteiger partial charge in [0.1, 0.15) is 6.10 Å². The molecular weight excluding hydrogens is 258 g/mol. The third-order valence-corrected chi connectivity index (χ3v) is 5.00. The molecule has 1 heterocycles. The molecule has 1 aromatic carbocycles. The molecule has 0 spiro atoms. The molecular formula is C19H30NO. The maximum Gasteiger partial charge on any atom is 0.102 e. The van der Waals surface area contributed by atoms with Crippen molar-refractivity contribution in [1.29, 1.82) is 0 Å². The molecule has 0 saturated carbocycles. The van der Waals surface area contributed by atoms with Crippen molar-refractivity contribution in [2.75, 3.05) is 0 Å². The summed E-state index contributed by atoms with van der Waals surface area (Å²) in [6.07, 6.45) is 6.96. The van der Waals surface area contributed by atoms with E-state index in [0.717, 1.165) is 25.7 Å². The summed E-state index contributed by atoms with van der Waals surface area (Å²) in [5.74, 6) is 0. The Morgan fingerprint density at radius 3 is 2.29 bits per heavy atom. The Morgan fingerprint density at radius 1 is 1.10 bits per heavy atom. The standard InChI is InChI=1S/C19H30NO/c1-6-19(7-2)15-11-14-18(4,5)20(19)21-16(3)17-12-9-8-10-13-17/h8-13,16H,6-7,14-15H2,1-5H3. The van der Waals surface area contributed by atoms with Crippen molar-refractivity contribution in [3.63, 3.8) is 0 Å². The lowest BCUT2D eigenvalue weighted by molar-refractivity contribution is -0.307. The second-order valence-electron chi connectivity index (χ2n) is 6.89. The smallest absolute Gasteiger partial charge is 0.102 e. The summed E-state index contributed by atoms with van der Waals surface area (Å²) in [6, 6.07) is 10.5. The maximum absolute atomic E-state index is 6.50. The van der Waals surface area contributed by atoms with E-state index in [2.05, 4.69) is 76.4 Å². The maximum atomic E-state index is 6.50. The highest BCUT2D eigenvalue weighted by Crippen LogP contribution is 2.43. The molecule has 1 fully saturated rings. The van der Waals surface area contributed by atoms with Crippen LogP contribution in [0.25, 0.3) is 0 Å². The molecule has 1 aliphatic rings. The summed E-state index contributed by atoms with van der Waals surface area (Å²) in [4.78, 5) is 6.50. The molecule has 0 bridgehead atoms. The average Bonchev–Trinajstić information content (AvgIpc) is 2.50. The molecule has 0 aromatic heterocycles. The van der Waals surface area contributed by atoms with Crippen molar-refractivity contribution < 1.29 is 4.84 Å². The summed E-state index contributed by atoms with van der Waals surface area (Å²) in [5.41, 5.74) is 1.42. The predicted molar refractivity (Wildman–Crippen MR) is 88.7 cm³/mol. The Labute approximate surface area is 130 Å². The third-order valence-electron chi connectivity index (χ3n) is 5.00. The van der Waals surface area contributed by atoms with E-state index in [1.165, 1.54) is 5.56 Å². The molecule has 2 nitrogen and oxygen atoms in total. The van der Waals surface area contributed by atoms with Gasteiger partial charge in [-0.15, -0.1) is 0 Å². The fourth-order valence-corrected chi connectivity index (χ4v) is 3.53. The van der Waals surface area contributed by atoms with E-state index >= 15 is 0 Å². The van der Waals surface area contributed by atoms with Crippen molar-refractivity contribution in [2.45, 2.75) is 77.5 Å². The van der Waals surface area contributed by atoms with Crippen LogP contribution in [0.1, 0.15) is 72.0 Å². The molecule has 1 saturated heterocycles. The molecule has 1 atom stereocenters. The van der Waals surface area contributed by atoms with E-state index in [-0.39, 0.29) is 17.2 Å². The summed E-state index contributed by atoms with van der Waals surface area (Å²) in [7, 11) is 0. The fraction of sp³-hybridized carbons (Fsp3) is 0.632. The van der Waals surface area contributed by atoms with Gasteiger partial charge in [-0.2, -0.15) is 5.06 Å². The minimum Gasteiger partial charge on any atom is -0.290 e. The zero-order valence-electron chi connectivity index (χ0n) is 14.2. The first-order chi connectivity index (χ1) is 9.95. The Bertz CT molecular complexity index is 436. The summed E-state index contributed by atoms with van der Waals surface area (Å²) in [6.45, 7) is 11.3. The van der Waals surface area contributed by atoms with Crippen LogP contribution >= 0.6 is 0 Å². The molecule has 0 N–H and O–H groups in total. The number of hydroxylamine groups is 2. The van der Waals surface area contributed by atoms with Crippen LogP contribution in [0.2, 0.25) is 0 Å². The van der Waals surface area contributed by atoms with Crippen molar-refractivity contribution in [1.82, 2.24) is 5.06 Å². The molecule has 1 radical (unpaired) electrons. The van der Waals surface area contributed by atoms with Gasteiger partial charge in [0, 0.05) is 11.1 Å². The number of rotatable bonds is 5. The second-order valence-corrected chi connectivity index (χ2v) is 6.89. The van der Waals surface area contributed by atoms with Crippen LogP contribution < -0.4 is 0 Å². The van der Waals surface area contributed by atoms with Gasteiger partial charge in [0.2, 0.25) is 0 Å². The van der Waals surface area contributed by atoms with Crippen LogP contribution in [-0.2, 0) is 4.84 Å². The van der Waals surface area contributed by atoms with E-state index in [1.807, 2.05) is 0 Å². The van der Waals surface area contributed by atoms with Crippen LogP contribution in [0.15, 0.2) is 30.3 Å². The lowest BCUT2D eigenvalue weighted by Gasteiger charge is -2.54. The average molecular weight is 288 g/mol. The minimum absolute atomic E-state index is 0.0489. The van der Waals surface area contributed by atoms with Crippen molar-refractivity contribution in [2.24, 2.45) is 0 Å². The van der Waals surface area contributed by atoms with Gasteiger partial charge in [-0.05, 0) is 58.4 Å². The van der Waals surface area contributed by atoms with Gasteiger partial charge in [-0.3, -0.25) is 4.84 Å². The highest BCUT2D eigenvalue weighted by molar-refractivity contribution is 5.17. The minimum atomic E-state index is 0.0489. The molecule has 2 heteroatoms. The Kier molecular flexibility index (Phi) is 5.11. The van der Waals surface area contributed by atoms with Crippen molar-refractivity contribution in [3.8, 4) is 0 Å². The molecule has 0 aliphatic carbocycles. The number of piperidine rings is 1. The van der Waals surface area contributed by atoms with Gasteiger partial charge in [0.25, 0.3) is 0 Å². The molecule has 1 aromatic rings. The summed E-state index contributed by atoms with van der Waals surface area (Å²) < 4.78 is 0. The molecule has 21 heavy (non-hydrogen) atoms. The first-order valence-electron chi connectivity index (χ1n) is 8.29. The van der Waals surface area contributed by atoms with Gasteiger partial charge in [0.15, 0.2) is 0 Å². The van der Waals surface area contributed by atoms with Gasteiger partial charge < -0.3 is 0 Å². The predicted octanol–water partition coefficient (Wildman–Crippen LogP) is 5.32. The number of hydrogen-bond acceptors (Lipinski definition) is 2. The highest BCUT2D eigenvalue weighted by atomic mass is 16.7. The van der Waals surface area contributed by atoms with E-state index in [9.17, 15) is 0 Å². The summed E-state index contributed by atoms with van der Waals surface area (Å²) >= 11 is 0. The number of hydrogen-bond donors (Lipinski definition) is 0. The first kappa shape index (κ1) is 16.5.